The zero-order valence-electron chi connectivity index (χ0n) is 8.84. The summed E-state index contributed by atoms with van der Waals surface area (Å²) >= 11 is 1.46. The molecule has 0 saturated carbocycles. The molecule has 1 aromatic carbocycles. The van der Waals surface area contributed by atoms with Crippen LogP contribution in [0.4, 0.5) is 5.69 Å². The SMILES string of the molecule is CC.O=[N+]([O-])c1ccccc1SN1CC1. The van der Waals surface area contributed by atoms with Gasteiger partial charge in [0, 0.05) is 19.2 Å². The molecule has 1 aromatic rings. The van der Waals surface area contributed by atoms with Crippen LogP contribution in [0.2, 0.25) is 0 Å². The first kappa shape index (κ1) is 12.0. The molecule has 82 valence electrons. The minimum Gasteiger partial charge on any atom is -0.258 e. The summed E-state index contributed by atoms with van der Waals surface area (Å²) in [5, 5.41) is 10.6. The number of hydrogen-bond donors (Lipinski definition) is 0. The average molecular weight is 226 g/mol. The van der Waals surface area contributed by atoms with E-state index in [2.05, 4.69) is 4.31 Å². The maximum atomic E-state index is 10.6. The Hall–Kier alpha value is -1.07. The predicted molar refractivity (Wildman–Crippen MR) is 61.9 cm³/mol. The quantitative estimate of drug-likeness (QED) is 0.344. The lowest BCUT2D eigenvalue weighted by atomic mass is 10.3. The van der Waals surface area contributed by atoms with Crippen molar-refractivity contribution in [2.24, 2.45) is 0 Å². The number of para-hydroxylation sites is 1. The number of nitro benzene ring substituents is 1. The van der Waals surface area contributed by atoms with Crippen LogP contribution in [0.25, 0.3) is 0 Å². The van der Waals surface area contributed by atoms with Gasteiger partial charge in [-0.1, -0.05) is 26.0 Å². The van der Waals surface area contributed by atoms with Crippen molar-refractivity contribution in [2.45, 2.75) is 18.7 Å². The van der Waals surface area contributed by atoms with Crippen LogP contribution >= 0.6 is 11.9 Å². The summed E-state index contributed by atoms with van der Waals surface area (Å²) < 4.78 is 2.07. The molecule has 0 amide bonds. The molecule has 1 saturated heterocycles. The van der Waals surface area contributed by atoms with Gasteiger partial charge in [-0.2, -0.15) is 0 Å². The van der Waals surface area contributed by atoms with Crippen LogP contribution in [0, 0.1) is 10.1 Å². The van der Waals surface area contributed by atoms with Crippen molar-refractivity contribution in [3.8, 4) is 0 Å². The van der Waals surface area contributed by atoms with Crippen LogP contribution < -0.4 is 0 Å². The van der Waals surface area contributed by atoms with Crippen LogP contribution in [0.15, 0.2) is 29.2 Å². The van der Waals surface area contributed by atoms with E-state index in [-0.39, 0.29) is 10.6 Å². The summed E-state index contributed by atoms with van der Waals surface area (Å²) in [7, 11) is 0. The van der Waals surface area contributed by atoms with Crippen molar-refractivity contribution in [3.05, 3.63) is 34.4 Å². The van der Waals surface area contributed by atoms with Gasteiger partial charge in [0.25, 0.3) is 5.69 Å². The van der Waals surface area contributed by atoms with Crippen LogP contribution in [0.3, 0.4) is 0 Å². The van der Waals surface area contributed by atoms with Gasteiger partial charge in [-0.15, -0.1) is 0 Å². The lowest BCUT2D eigenvalue weighted by molar-refractivity contribution is -0.387. The van der Waals surface area contributed by atoms with Crippen molar-refractivity contribution >= 4 is 17.6 Å². The smallest absolute Gasteiger partial charge is 0.258 e. The van der Waals surface area contributed by atoms with Gasteiger partial charge in [-0.25, -0.2) is 4.31 Å². The van der Waals surface area contributed by atoms with Gasteiger partial charge in [0.1, 0.15) is 4.90 Å². The molecule has 5 heteroatoms. The molecule has 1 aliphatic heterocycles. The van der Waals surface area contributed by atoms with E-state index in [1.165, 1.54) is 18.0 Å². The Bertz CT molecular complexity index is 340. The summed E-state index contributed by atoms with van der Waals surface area (Å²) in [5.41, 5.74) is 0.194. The monoisotopic (exact) mass is 226 g/mol. The van der Waals surface area contributed by atoms with Crippen molar-refractivity contribution in [2.75, 3.05) is 13.1 Å². The fraction of sp³-hybridized carbons (Fsp3) is 0.400. The van der Waals surface area contributed by atoms with E-state index < -0.39 is 0 Å². The van der Waals surface area contributed by atoms with Gasteiger partial charge >= 0.3 is 0 Å². The van der Waals surface area contributed by atoms with Gasteiger partial charge in [0.05, 0.1) is 4.92 Å². The van der Waals surface area contributed by atoms with Crippen molar-refractivity contribution in [1.82, 2.24) is 4.31 Å². The molecular formula is C10H14N2O2S. The van der Waals surface area contributed by atoms with E-state index >= 15 is 0 Å². The second-order valence-electron chi connectivity index (χ2n) is 2.75. The maximum Gasteiger partial charge on any atom is 0.284 e. The van der Waals surface area contributed by atoms with E-state index in [1.807, 2.05) is 19.9 Å². The molecule has 1 fully saturated rings. The predicted octanol–water partition coefficient (Wildman–Crippen LogP) is 2.94. The van der Waals surface area contributed by atoms with Crippen molar-refractivity contribution < 1.29 is 4.92 Å². The molecule has 0 N–H and O–H groups in total. The normalized spacial score (nSPS) is 14.0. The van der Waals surface area contributed by atoms with Gasteiger partial charge in [-0.3, -0.25) is 10.1 Å². The molecule has 0 radical (unpaired) electrons. The first-order chi connectivity index (χ1) is 7.27. The number of nitro groups is 1. The van der Waals surface area contributed by atoms with Crippen molar-refractivity contribution in [1.29, 1.82) is 0 Å². The van der Waals surface area contributed by atoms with Crippen LogP contribution in [-0.2, 0) is 0 Å². The van der Waals surface area contributed by atoms with Gasteiger partial charge < -0.3 is 0 Å². The van der Waals surface area contributed by atoms with E-state index in [4.69, 9.17) is 0 Å². The molecule has 0 unspecified atom stereocenters. The fourth-order valence-corrected chi connectivity index (χ4v) is 1.87. The number of benzene rings is 1. The van der Waals surface area contributed by atoms with Crippen molar-refractivity contribution in [3.63, 3.8) is 0 Å². The largest absolute Gasteiger partial charge is 0.284 e. The third-order valence-corrected chi connectivity index (χ3v) is 2.86. The van der Waals surface area contributed by atoms with E-state index in [1.54, 1.807) is 12.1 Å². The van der Waals surface area contributed by atoms with E-state index in [0.29, 0.717) is 0 Å². The Labute approximate surface area is 93.6 Å². The molecular weight excluding hydrogens is 212 g/mol. The minimum atomic E-state index is -0.341. The fourth-order valence-electron chi connectivity index (χ4n) is 0.956. The first-order valence-electron chi connectivity index (χ1n) is 4.94. The van der Waals surface area contributed by atoms with Crippen LogP contribution in [0.1, 0.15) is 13.8 Å². The number of nitrogens with zero attached hydrogens (tertiary/aromatic N) is 2. The molecule has 0 aromatic heterocycles. The van der Waals surface area contributed by atoms with Gasteiger partial charge in [0.15, 0.2) is 0 Å². The van der Waals surface area contributed by atoms with Gasteiger partial charge in [0.2, 0.25) is 0 Å². The number of hydrogen-bond acceptors (Lipinski definition) is 4. The topological polar surface area (TPSA) is 46.1 Å². The molecule has 1 heterocycles. The summed E-state index contributed by atoms with van der Waals surface area (Å²) in [6, 6.07) is 6.82. The molecule has 2 rings (SSSR count). The molecule has 1 aliphatic rings. The Kier molecular flexibility index (Phi) is 4.58. The Morgan fingerprint density at radius 3 is 2.47 bits per heavy atom. The van der Waals surface area contributed by atoms with Crippen LogP contribution in [-0.4, -0.2) is 22.3 Å². The van der Waals surface area contributed by atoms with Gasteiger partial charge in [-0.05, 0) is 18.0 Å². The molecule has 15 heavy (non-hydrogen) atoms. The maximum absolute atomic E-state index is 10.6. The first-order valence-corrected chi connectivity index (χ1v) is 5.71. The van der Waals surface area contributed by atoms with E-state index in [9.17, 15) is 10.1 Å². The third kappa shape index (κ3) is 3.53. The second kappa shape index (κ2) is 5.72. The summed E-state index contributed by atoms with van der Waals surface area (Å²) in [5.74, 6) is 0. The second-order valence-corrected chi connectivity index (χ2v) is 3.88. The minimum absolute atomic E-state index is 0.194. The lowest BCUT2D eigenvalue weighted by Gasteiger charge is -2.00. The molecule has 4 nitrogen and oxygen atoms in total. The molecule has 0 bridgehead atoms. The summed E-state index contributed by atoms with van der Waals surface area (Å²) in [6.07, 6.45) is 0. The highest BCUT2D eigenvalue weighted by molar-refractivity contribution is 7.97. The van der Waals surface area contributed by atoms with Crippen LogP contribution in [0.5, 0.6) is 0 Å². The lowest BCUT2D eigenvalue weighted by Crippen LogP contribution is -1.91. The highest BCUT2D eigenvalue weighted by Crippen LogP contribution is 2.34. The Morgan fingerprint density at radius 1 is 1.33 bits per heavy atom. The third-order valence-electron chi connectivity index (χ3n) is 1.70. The standard InChI is InChI=1S/C8H8N2O2S.C2H6/c11-10(12)7-3-1-2-4-8(7)13-9-5-6-9;1-2/h1-4H,5-6H2;1-2H3. The number of rotatable bonds is 3. The summed E-state index contributed by atoms with van der Waals surface area (Å²) in [6.45, 7) is 6.05. The highest BCUT2D eigenvalue weighted by Gasteiger charge is 2.23. The highest BCUT2D eigenvalue weighted by atomic mass is 32.2. The zero-order chi connectivity index (χ0) is 11.3. The molecule has 0 atom stereocenters. The van der Waals surface area contributed by atoms with E-state index in [0.717, 1.165) is 18.0 Å². The molecule has 0 spiro atoms. The zero-order valence-corrected chi connectivity index (χ0v) is 9.66. The Morgan fingerprint density at radius 2 is 1.93 bits per heavy atom. The average Bonchev–Trinajstić information content (AvgIpc) is 3.05. The molecule has 0 aliphatic carbocycles. The summed E-state index contributed by atoms with van der Waals surface area (Å²) in [4.78, 5) is 11.0. The Balaban J connectivity index is 0.000000531.